The molecule has 5 rings (SSSR count). The number of hydrogen-bond donors (Lipinski definition) is 1. The molecule has 1 aliphatic heterocycles. The summed E-state index contributed by atoms with van der Waals surface area (Å²) in [5.41, 5.74) is 5.11. The summed E-state index contributed by atoms with van der Waals surface area (Å²) < 4.78 is 0. The molecule has 3 aromatic carbocycles. The average molecular weight is 416 g/mol. The summed E-state index contributed by atoms with van der Waals surface area (Å²) in [6, 6.07) is 33.2. The fourth-order valence-electron chi connectivity index (χ4n) is 4.12. The maximum Gasteiger partial charge on any atom is 0.156 e. The van der Waals surface area contributed by atoms with E-state index in [2.05, 4.69) is 114 Å². The molecule has 4 aromatic rings. The van der Waals surface area contributed by atoms with E-state index < -0.39 is 5.66 Å². The van der Waals surface area contributed by atoms with Gasteiger partial charge in [0.15, 0.2) is 5.66 Å². The van der Waals surface area contributed by atoms with Crippen LogP contribution >= 0.6 is 0 Å². The highest BCUT2D eigenvalue weighted by molar-refractivity contribution is 5.88. The standard InChI is InChI=1S/C29H25N3/c1-23-11-10-16-26-28(23)31-29(20-18-24-12-4-2-5-13-24,21-19-25-14-6-3-7-15-25)32(26)27-17-8-9-22-30-27/h2-22,31H,1H3/b20-18+,21-19+. The van der Waals surface area contributed by atoms with Crippen LogP contribution in [0.25, 0.3) is 12.2 Å². The molecule has 1 N–H and O–H groups in total. The Labute approximate surface area is 189 Å². The second kappa shape index (κ2) is 8.56. The molecule has 0 unspecified atom stereocenters. The number of benzene rings is 3. The number of pyridine rings is 1. The van der Waals surface area contributed by atoms with Crippen LogP contribution in [-0.2, 0) is 0 Å². The molecular weight excluding hydrogens is 390 g/mol. The highest BCUT2D eigenvalue weighted by atomic mass is 15.4. The maximum atomic E-state index is 4.71. The molecule has 156 valence electrons. The van der Waals surface area contributed by atoms with E-state index in [1.165, 1.54) is 5.56 Å². The zero-order chi connectivity index (χ0) is 21.8. The van der Waals surface area contributed by atoms with Gasteiger partial charge in [-0.2, -0.15) is 0 Å². The molecule has 1 aliphatic rings. The zero-order valence-electron chi connectivity index (χ0n) is 18.0. The molecule has 1 aromatic heterocycles. The van der Waals surface area contributed by atoms with Gasteiger partial charge in [0, 0.05) is 6.20 Å². The lowest BCUT2D eigenvalue weighted by atomic mass is 10.0. The van der Waals surface area contributed by atoms with E-state index in [4.69, 9.17) is 4.98 Å². The molecule has 32 heavy (non-hydrogen) atoms. The summed E-state index contributed by atoms with van der Waals surface area (Å²) in [6.07, 6.45) is 10.6. The maximum absolute atomic E-state index is 4.71. The highest BCUT2D eigenvalue weighted by Gasteiger charge is 2.41. The topological polar surface area (TPSA) is 28.2 Å². The van der Waals surface area contributed by atoms with E-state index in [-0.39, 0.29) is 0 Å². The summed E-state index contributed by atoms with van der Waals surface area (Å²) >= 11 is 0. The second-order valence-corrected chi connectivity index (χ2v) is 7.93. The number of rotatable bonds is 5. The van der Waals surface area contributed by atoms with Crippen LogP contribution in [0.3, 0.4) is 0 Å². The van der Waals surface area contributed by atoms with Crippen molar-refractivity contribution in [3.05, 3.63) is 132 Å². The van der Waals surface area contributed by atoms with Crippen LogP contribution in [0.4, 0.5) is 17.2 Å². The van der Waals surface area contributed by atoms with Crippen molar-refractivity contribution < 1.29 is 0 Å². The Bertz CT molecular complexity index is 1200. The van der Waals surface area contributed by atoms with E-state index in [0.29, 0.717) is 0 Å². The molecule has 2 heterocycles. The van der Waals surface area contributed by atoms with Crippen molar-refractivity contribution in [3.8, 4) is 0 Å². The van der Waals surface area contributed by atoms with Crippen molar-refractivity contribution >= 4 is 29.3 Å². The largest absolute Gasteiger partial charge is 0.354 e. The third-order valence-electron chi connectivity index (χ3n) is 5.72. The lowest BCUT2D eigenvalue weighted by Crippen LogP contribution is -2.45. The van der Waals surface area contributed by atoms with Crippen molar-refractivity contribution in [2.75, 3.05) is 10.2 Å². The predicted molar refractivity (Wildman–Crippen MR) is 135 cm³/mol. The van der Waals surface area contributed by atoms with Crippen LogP contribution in [0.2, 0.25) is 0 Å². The second-order valence-electron chi connectivity index (χ2n) is 7.93. The fraction of sp³-hybridized carbons (Fsp3) is 0.0690. The van der Waals surface area contributed by atoms with Crippen molar-refractivity contribution in [1.82, 2.24) is 4.98 Å². The minimum Gasteiger partial charge on any atom is -0.354 e. The lowest BCUT2D eigenvalue weighted by molar-refractivity contribution is 0.747. The number of aromatic nitrogens is 1. The Morgan fingerprint density at radius 3 is 1.94 bits per heavy atom. The lowest BCUT2D eigenvalue weighted by Gasteiger charge is -2.35. The molecule has 0 fully saturated rings. The third kappa shape index (κ3) is 3.81. The van der Waals surface area contributed by atoms with E-state index in [1.54, 1.807) is 0 Å². The third-order valence-corrected chi connectivity index (χ3v) is 5.72. The van der Waals surface area contributed by atoms with Gasteiger partial charge < -0.3 is 5.32 Å². The molecule has 0 amide bonds. The number of fused-ring (bicyclic) bond motifs is 1. The summed E-state index contributed by atoms with van der Waals surface area (Å²) in [4.78, 5) is 6.98. The Hall–Kier alpha value is -4.11. The van der Waals surface area contributed by atoms with Crippen molar-refractivity contribution in [3.63, 3.8) is 0 Å². The Kier molecular flexibility index (Phi) is 5.30. The van der Waals surface area contributed by atoms with Crippen LogP contribution < -0.4 is 10.2 Å². The van der Waals surface area contributed by atoms with Gasteiger partial charge >= 0.3 is 0 Å². The van der Waals surface area contributed by atoms with E-state index in [9.17, 15) is 0 Å². The summed E-state index contributed by atoms with van der Waals surface area (Å²) in [5.74, 6) is 0.889. The van der Waals surface area contributed by atoms with Crippen molar-refractivity contribution in [2.45, 2.75) is 12.6 Å². The smallest absolute Gasteiger partial charge is 0.156 e. The SMILES string of the molecule is Cc1cccc2c1NC(/C=C/c1ccccc1)(/C=C/c1ccccc1)N2c1ccccn1. The van der Waals surface area contributed by atoms with Gasteiger partial charge in [-0.25, -0.2) is 4.98 Å². The van der Waals surface area contributed by atoms with Gasteiger partial charge in [0.05, 0.1) is 11.4 Å². The molecule has 0 aliphatic carbocycles. The molecule has 0 spiro atoms. The first-order valence-corrected chi connectivity index (χ1v) is 10.8. The van der Waals surface area contributed by atoms with Crippen LogP contribution in [0.5, 0.6) is 0 Å². The van der Waals surface area contributed by atoms with Gasteiger partial charge in [-0.15, -0.1) is 0 Å². The Morgan fingerprint density at radius 2 is 1.34 bits per heavy atom. The predicted octanol–water partition coefficient (Wildman–Crippen LogP) is 7.08. The summed E-state index contributed by atoms with van der Waals surface area (Å²) in [5, 5.41) is 3.82. The average Bonchev–Trinajstić information content (AvgIpc) is 3.19. The first-order chi connectivity index (χ1) is 15.8. The molecule has 0 saturated heterocycles. The molecular formula is C29H25N3. The molecule has 0 radical (unpaired) electrons. The number of hydrogen-bond acceptors (Lipinski definition) is 3. The van der Waals surface area contributed by atoms with Crippen LogP contribution in [0, 0.1) is 6.92 Å². The van der Waals surface area contributed by atoms with Crippen LogP contribution in [0.15, 0.2) is 115 Å². The van der Waals surface area contributed by atoms with Gasteiger partial charge in [0.1, 0.15) is 5.82 Å². The number of nitrogens with one attached hydrogen (secondary N) is 1. The summed E-state index contributed by atoms with van der Waals surface area (Å²) in [7, 11) is 0. The van der Waals surface area contributed by atoms with Crippen LogP contribution in [-0.4, -0.2) is 10.6 Å². The zero-order valence-corrected chi connectivity index (χ0v) is 18.0. The van der Waals surface area contributed by atoms with E-state index in [0.717, 1.165) is 28.3 Å². The first-order valence-electron chi connectivity index (χ1n) is 10.8. The minimum atomic E-state index is -0.617. The van der Waals surface area contributed by atoms with Crippen molar-refractivity contribution in [2.24, 2.45) is 0 Å². The van der Waals surface area contributed by atoms with Crippen molar-refractivity contribution in [1.29, 1.82) is 0 Å². The van der Waals surface area contributed by atoms with Gasteiger partial charge in [0.2, 0.25) is 0 Å². The molecule has 3 heteroatoms. The Morgan fingerprint density at radius 1 is 0.719 bits per heavy atom. The fourth-order valence-corrected chi connectivity index (χ4v) is 4.12. The van der Waals surface area contributed by atoms with Crippen LogP contribution in [0.1, 0.15) is 16.7 Å². The quantitative estimate of drug-likeness (QED) is 0.378. The van der Waals surface area contributed by atoms with Gasteiger partial charge in [-0.1, -0.05) is 91.0 Å². The van der Waals surface area contributed by atoms with Gasteiger partial charge in [0.25, 0.3) is 0 Å². The molecule has 3 nitrogen and oxygen atoms in total. The van der Waals surface area contributed by atoms with Gasteiger partial charge in [-0.05, 0) is 54.0 Å². The Balaban J connectivity index is 1.69. The molecule has 0 bridgehead atoms. The number of nitrogens with zero attached hydrogens (tertiary/aromatic N) is 2. The number of aryl methyl sites for hydroxylation is 1. The van der Waals surface area contributed by atoms with E-state index in [1.807, 2.05) is 30.5 Å². The summed E-state index contributed by atoms with van der Waals surface area (Å²) in [6.45, 7) is 2.14. The highest BCUT2D eigenvalue weighted by Crippen LogP contribution is 2.47. The first kappa shape index (κ1) is 19.8. The molecule has 0 atom stereocenters. The monoisotopic (exact) mass is 415 g/mol. The molecule has 0 saturated carbocycles. The number of anilines is 3. The minimum absolute atomic E-state index is 0.617. The van der Waals surface area contributed by atoms with Gasteiger partial charge in [-0.3, -0.25) is 4.90 Å². The van der Waals surface area contributed by atoms with E-state index >= 15 is 0 Å². The normalized spacial score (nSPS) is 14.6. The number of para-hydroxylation sites is 1.